The zero-order valence-corrected chi connectivity index (χ0v) is 15.2. The van der Waals surface area contributed by atoms with E-state index in [-0.39, 0.29) is 17.1 Å². The summed E-state index contributed by atoms with van der Waals surface area (Å²) in [6, 6.07) is 10.8. The SMILES string of the molecule is COC(Br)C(C(=O)OC1CC2CCC(C1)N2C)c1ccccc1. The van der Waals surface area contributed by atoms with Crippen LogP contribution in [-0.2, 0) is 14.3 Å². The zero-order valence-electron chi connectivity index (χ0n) is 13.7. The van der Waals surface area contributed by atoms with Crippen molar-refractivity contribution in [1.29, 1.82) is 0 Å². The van der Waals surface area contributed by atoms with Gasteiger partial charge in [0, 0.05) is 19.2 Å². The van der Waals surface area contributed by atoms with Crippen LogP contribution in [0.2, 0.25) is 0 Å². The lowest BCUT2D eigenvalue weighted by atomic mass is 9.98. The van der Waals surface area contributed by atoms with Crippen LogP contribution in [0.25, 0.3) is 0 Å². The summed E-state index contributed by atoms with van der Waals surface area (Å²) in [5, 5.41) is -0.389. The minimum atomic E-state index is -0.446. The minimum Gasteiger partial charge on any atom is -0.462 e. The number of alkyl halides is 1. The van der Waals surface area contributed by atoms with E-state index in [1.165, 1.54) is 12.8 Å². The van der Waals surface area contributed by atoms with Crippen molar-refractivity contribution < 1.29 is 14.3 Å². The third kappa shape index (κ3) is 3.62. The number of fused-ring (bicyclic) bond motifs is 2. The molecule has 2 saturated heterocycles. The summed E-state index contributed by atoms with van der Waals surface area (Å²) in [5.41, 5.74) is 0.914. The highest BCUT2D eigenvalue weighted by Crippen LogP contribution is 2.36. The van der Waals surface area contributed by atoms with Crippen LogP contribution in [0.3, 0.4) is 0 Å². The molecule has 0 saturated carbocycles. The van der Waals surface area contributed by atoms with Gasteiger partial charge in [-0.2, -0.15) is 0 Å². The summed E-state index contributed by atoms with van der Waals surface area (Å²) in [7, 11) is 3.78. The highest BCUT2D eigenvalue weighted by molar-refractivity contribution is 9.09. The second kappa shape index (κ2) is 7.32. The molecule has 2 bridgehead atoms. The Morgan fingerprint density at radius 3 is 2.39 bits per heavy atom. The van der Waals surface area contributed by atoms with E-state index >= 15 is 0 Å². The standard InChI is InChI=1S/C18H24BrNO3/c1-20-13-8-9-14(20)11-15(10-13)23-18(21)16(17(19)22-2)12-6-4-3-5-7-12/h3-7,13-17H,8-11H2,1-2H3. The van der Waals surface area contributed by atoms with Gasteiger partial charge in [-0.1, -0.05) is 46.3 Å². The van der Waals surface area contributed by atoms with E-state index in [1.807, 2.05) is 30.3 Å². The molecule has 5 heteroatoms. The van der Waals surface area contributed by atoms with Crippen LogP contribution in [0.15, 0.2) is 30.3 Å². The van der Waals surface area contributed by atoms with Crippen LogP contribution in [0, 0.1) is 0 Å². The fraction of sp³-hybridized carbons (Fsp3) is 0.611. The predicted octanol–water partition coefficient (Wildman–Crippen LogP) is 3.31. The number of nitrogens with zero attached hydrogens (tertiary/aromatic N) is 1. The Labute approximate surface area is 146 Å². The Balaban J connectivity index is 1.70. The largest absolute Gasteiger partial charge is 0.462 e. The van der Waals surface area contributed by atoms with Gasteiger partial charge >= 0.3 is 5.97 Å². The lowest BCUT2D eigenvalue weighted by Crippen LogP contribution is -2.44. The maximum absolute atomic E-state index is 12.8. The van der Waals surface area contributed by atoms with Crippen molar-refractivity contribution in [1.82, 2.24) is 4.90 Å². The maximum atomic E-state index is 12.8. The molecule has 0 radical (unpaired) electrons. The molecule has 23 heavy (non-hydrogen) atoms. The first-order chi connectivity index (χ1) is 11.1. The molecule has 2 aliphatic heterocycles. The van der Waals surface area contributed by atoms with Crippen molar-refractivity contribution in [2.75, 3.05) is 14.2 Å². The average molecular weight is 382 g/mol. The number of piperidine rings is 1. The molecule has 1 aromatic rings. The van der Waals surface area contributed by atoms with Gasteiger partial charge in [0.05, 0.1) is 0 Å². The molecule has 4 atom stereocenters. The number of carbonyl (C=O) groups is 1. The number of methoxy groups -OCH3 is 1. The van der Waals surface area contributed by atoms with E-state index in [0.29, 0.717) is 12.1 Å². The molecule has 1 aromatic carbocycles. The summed E-state index contributed by atoms with van der Waals surface area (Å²) in [5.74, 6) is -0.646. The van der Waals surface area contributed by atoms with Crippen molar-refractivity contribution in [3.8, 4) is 0 Å². The van der Waals surface area contributed by atoms with Gasteiger partial charge in [0.1, 0.15) is 17.0 Å². The van der Waals surface area contributed by atoms with Crippen LogP contribution in [0.1, 0.15) is 37.2 Å². The van der Waals surface area contributed by atoms with Crippen molar-refractivity contribution in [2.45, 2.75) is 54.8 Å². The van der Waals surface area contributed by atoms with E-state index in [2.05, 4.69) is 27.9 Å². The number of halogens is 1. The van der Waals surface area contributed by atoms with Gasteiger partial charge in [0.15, 0.2) is 0 Å². The van der Waals surface area contributed by atoms with Gasteiger partial charge in [0.25, 0.3) is 0 Å². The van der Waals surface area contributed by atoms with Crippen LogP contribution in [-0.4, -0.2) is 48.2 Å². The van der Waals surface area contributed by atoms with E-state index in [0.717, 1.165) is 18.4 Å². The number of hydrogen-bond acceptors (Lipinski definition) is 4. The lowest BCUT2D eigenvalue weighted by Gasteiger charge is -2.36. The van der Waals surface area contributed by atoms with Crippen LogP contribution in [0.5, 0.6) is 0 Å². The first-order valence-electron chi connectivity index (χ1n) is 8.24. The van der Waals surface area contributed by atoms with Crippen molar-refractivity contribution in [2.24, 2.45) is 0 Å². The quantitative estimate of drug-likeness (QED) is 0.579. The average Bonchev–Trinajstić information content (AvgIpc) is 2.77. The number of rotatable bonds is 5. The number of carbonyl (C=O) groups excluding carboxylic acids is 1. The van der Waals surface area contributed by atoms with Crippen LogP contribution in [0.4, 0.5) is 0 Å². The van der Waals surface area contributed by atoms with Gasteiger partial charge in [0.2, 0.25) is 0 Å². The Morgan fingerprint density at radius 1 is 1.22 bits per heavy atom. The van der Waals surface area contributed by atoms with Gasteiger partial charge in [-0.15, -0.1) is 0 Å². The molecule has 0 aromatic heterocycles. The van der Waals surface area contributed by atoms with Gasteiger partial charge in [-0.25, -0.2) is 0 Å². The molecule has 0 spiro atoms. The topological polar surface area (TPSA) is 38.8 Å². The molecule has 0 N–H and O–H groups in total. The summed E-state index contributed by atoms with van der Waals surface area (Å²) in [6.45, 7) is 0. The Kier molecular flexibility index (Phi) is 5.39. The lowest BCUT2D eigenvalue weighted by molar-refractivity contribution is -0.156. The molecule has 4 unspecified atom stereocenters. The molecule has 3 rings (SSSR count). The van der Waals surface area contributed by atoms with E-state index in [4.69, 9.17) is 9.47 Å². The van der Waals surface area contributed by atoms with E-state index in [9.17, 15) is 4.79 Å². The number of esters is 1. The highest BCUT2D eigenvalue weighted by Gasteiger charge is 2.41. The second-order valence-electron chi connectivity index (χ2n) is 6.56. The monoisotopic (exact) mass is 381 g/mol. The third-order valence-electron chi connectivity index (χ3n) is 5.24. The molecular formula is C18H24BrNO3. The summed E-state index contributed by atoms with van der Waals surface area (Å²) in [4.78, 5) is 15.2. The summed E-state index contributed by atoms with van der Waals surface area (Å²) < 4.78 is 11.2. The minimum absolute atomic E-state index is 0.0268. The third-order valence-corrected chi connectivity index (χ3v) is 6.14. The Morgan fingerprint density at radius 2 is 1.83 bits per heavy atom. The summed E-state index contributed by atoms with van der Waals surface area (Å²) in [6.07, 6.45) is 4.35. The molecule has 126 valence electrons. The fourth-order valence-electron chi connectivity index (χ4n) is 3.89. The first kappa shape index (κ1) is 16.9. The van der Waals surface area contributed by atoms with Gasteiger partial charge in [-0.05, 0) is 38.3 Å². The van der Waals surface area contributed by atoms with Gasteiger partial charge < -0.3 is 14.4 Å². The second-order valence-corrected chi connectivity index (χ2v) is 7.46. The summed E-state index contributed by atoms with van der Waals surface area (Å²) >= 11 is 3.46. The smallest absolute Gasteiger partial charge is 0.317 e. The fourth-order valence-corrected chi connectivity index (χ4v) is 4.41. The van der Waals surface area contributed by atoms with E-state index < -0.39 is 5.92 Å². The van der Waals surface area contributed by atoms with Crippen LogP contribution >= 0.6 is 15.9 Å². The number of benzene rings is 1. The van der Waals surface area contributed by atoms with E-state index in [1.54, 1.807) is 7.11 Å². The predicted molar refractivity (Wildman–Crippen MR) is 92.6 cm³/mol. The molecule has 2 heterocycles. The molecule has 0 aliphatic carbocycles. The molecule has 4 nitrogen and oxygen atoms in total. The number of hydrogen-bond donors (Lipinski definition) is 0. The molecule has 2 aliphatic rings. The van der Waals surface area contributed by atoms with Gasteiger partial charge in [-0.3, -0.25) is 4.79 Å². The van der Waals surface area contributed by atoms with Crippen molar-refractivity contribution >= 4 is 21.9 Å². The van der Waals surface area contributed by atoms with Crippen molar-refractivity contribution in [3.05, 3.63) is 35.9 Å². The van der Waals surface area contributed by atoms with Crippen molar-refractivity contribution in [3.63, 3.8) is 0 Å². The molecular weight excluding hydrogens is 358 g/mol. The van der Waals surface area contributed by atoms with Crippen LogP contribution < -0.4 is 0 Å². The highest BCUT2D eigenvalue weighted by atomic mass is 79.9. The number of ether oxygens (including phenoxy) is 2. The zero-order chi connectivity index (χ0) is 16.4. The molecule has 0 amide bonds. The Hall–Kier alpha value is -0.910. The maximum Gasteiger partial charge on any atom is 0.317 e. The molecule has 2 fully saturated rings. The normalized spacial score (nSPS) is 30.0. The Bertz CT molecular complexity index is 524. The first-order valence-corrected chi connectivity index (χ1v) is 9.16.